The maximum Gasteiger partial charge on any atom is 0.305 e. The molecule has 0 aliphatic heterocycles. The molecule has 0 fully saturated rings. The molecule has 0 heterocycles. The number of likely N-dealkylation sites (N-methyl/N-ethyl adjacent to an activating group) is 1. The first-order valence-electron chi connectivity index (χ1n) is 21.4. The van der Waals surface area contributed by atoms with Gasteiger partial charge in [-0.05, 0) is 64.2 Å². The number of carbonyl (C=O) groups is 2. The van der Waals surface area contributed by atoms with Crippen LogP contribution < -0.4 is 0 Å². The van der Waals surface area contributed by atoms with Crippen molar-refractivity contribution in [2.24, 2.45) is 0 Å². The fourth-order valence-electron chi connectivity index (χ4n) is 5.75. The third-order valence-electron chi connectivity index (χ3n) is 9.41. The van der Waals surface area contributed by atoms with Crippen LogP contribution in [-0.4, -0.2) is 76.9 Å². The minimum absolute atomic E-state index is 0.0889. The number of ether oxygens (including phenoxy) is 2. The van der Waals surface area contributed by atoms with E-state index in [1.807, 2.05) is 0 Å². The molecule has 0 saturated heterocycles. The molecule has 0 radical (unpaired) electrons. The average molecular weight is 774 g/mol. The largest absolute Gasteiger partial charge is 0.726 e. The summed E-state index contributed by atoms with van der Waals surface area (Å²) in [4.78, 5) is 24.3. The Hall–Kier alpha value is -1.75. The van der Waals surface area contributed by atoms with E-state index in [-0.39, 0.29) is 11.9 Å². The van der Waals surface area contributed by atoms with Crippen molar-refractivity contribution in [3.8, 4) is 0 Å². The quantitative estimate of drug-likeness (QED) is 0.0153. The lowest BCUT2D eigenvalue weighted by molar-refractivity contribution is -0.890. The number of carbonyl (C=O) groups excluding carboxylic acids is 2. The molecule has 314 valence electrons. The summed E-state index contributed by atoms with van der Waals surface area (Å²) in [7, 11) is 0.581. The lowest BCUT2D eigenvalue weighted by Gasteiger charge is -2.29. The molecule has 9 nitrogen and oxygen atoms in total. The normalized spacial score (nSPS) is 12.0. The fourth-order valence-corrected chi connectivity index (χ4v) is 5.75. The van der Waals surface area contributed by atoms with Crippen molar-refractivity contribution in [1.29, 1.82) is 0 Å². The topological polar surface area (TPSA) is 119 Å². The van der Waals surface area contributed by atoms with Gasteiger partial charge in [-0.2, -0.15) is 0 Å². The van der Waals surface area contributed by atoms with Crippen LogP contribution in [0.15, 0.2) is 24.3 Å². The molecule has 0 aliphatic rings. The maximum atomic E-state index is 12.1. The summed E-state index contributed by atoms with van der Waals surface area (Å²) in [5, 5.41) is 0. The Labute approximate surface area is 327 Å². The van der Waals surface area contributed by atoms with Crippen LogP contribution in [0, 0.1) is 0 Å². The molecule has 0 aliphatic carbocycles. The predicted octanol–water partition coefficient (Wildman–Crippen LogP) is 11.3. The molecule has 0 aromatic heterocycles. The van der Waals surface area contributed by atoms with Crippen molar-refractivity contribution in [1.82, 2.24) is 0 Å². The Bertz CT molecular complexity index is 921. The van der Waals surface area contributed by atoms with Crippen LogP contribution in [0.4, 0.5) is 0 Å². The predicted molar refractivity (Wildman–Crippen MR) is 219 cm³/mol. The van der Waals surface area contributed by atoms with Gasteiger partial charge in [-0.1, -0.05) is 141 Å². The first kappa shape index (κ1) is 53.4. The number of unbranched alkanes of at least 4 members (excludes halogenated alkanes) is 22. The van der Waals surface area contributed by atoms with Crippen LogP contribution in [-0.2, 0) is 33.6 Å². The van der Waals surface area contributed by atoms with Crippen molar-refractivity contribution in [3.63, 3.8) is 0 Å². The van der Waals surface area contributed by atoms with Gasteiger partial charge in [0.1, 0.15) is 26.3 Å². The van der Waals surface area contributed by atoms with Crippen molar-refractivity contribution in [2.45, 2.75) is 194 Å². The zero-order valence-corrected chi connectivity index (χ0v) is 35.9. The van der Waals surface area contributed by atoms with E-state index < -0.39 is 10.4 Å². The molecule has 0 rings (SSSR count). The third kappa shape index (κ3) is 48.2. The Morgan fingerprint density at radius 2 is 0.774 bits per heavy atom. The number of esters is 2. The second-order valence-electron chi connectivity index (χ2n) is 15.1. The Morgan fingerprint density at radius 3 is 1.06 bits per heavy atom. The van der Waals surface area contributed by atoms with Gasteiger partial charge in [0.2, 0.25) is 10.4 Å². The van der Waals surface area contributed by atoms with E-state index >= 15 is 0 Å². The molecule has 0 saturated carbocycles. The average Bonchev–Trinajstić information content (AvgIpc) is 3.11. The standard InChI is InChI=1S/C42H80NO4.CH4O4S/c1-5-7-9-11-13-15-17-19-21-23-25-27-29-31-33-35-41(44)46-39-37-43(3,4)38-40-47-42(45)36-34-32-30-28-26-24-22-20-18-16-14-12-10-8-6-2;1-5-6(2,3)4/h19-22H,5-18,23-40H2,1-4H3;1H3,(H,2,3,4)/q+1;/p-1. The lowest BCUT2D eigenvalue weighted by Crippen LogP contribution is -2.45. The molecule has 0 spiro atoms. The highest BCUT2D eigenvalue weighted by atomic mass is 32.3. The molecule has 0 N–H and O–H groups in total. The van der Waals surface area contributed by atoms with Crippen LogP contribution >= 0.6 is 0 Å². The maximum absolute atomic E-state index is 12.1. The van der Waals surface area contributed by atoms with E-state index in [0.717, 1.165) is 45.9 Å². The minimum Gasteiger partial charge on any atom is -0.726 e. The molecule has 53 heavy (non-hydrogen) atoms. The van der Waals surface area contributed by atoms with Crippen LogP contribution in [0.25, 0.3) is 0 Å². The summed E-state index contributed by atoms with van der Waals surface area (Å²) in [5.41, 5.74) is 0. The van der Waals surface area contributed by atoms with E-state index in [4.69, 9.17) is 9.47 Å². The van der Waals surface area contributed by atoms with E-state index in [9.17, 15) is 22.6 Å². The zero-order valence-electron chi connectivity index (χ0n) is 35.1. The first-order valence-corrected chi connectivity index (χ1v) is 22.7. The monoisotopic (exact) mass is 774 g/mol. The van der Waals surface area contributed by atoms with Gasteiger partial charge in [0, 0.05) is 12.8 Å². The highest BCUT2D eigenvalue weighted by Gasteiger charge is 2.17. The number of quaternary nitrogens is 1. The van der Waals surface area contributed by atoms with Gasteiger partial charge in [0.15, 0.2) is 0 Å². The smallest absolute Gasteiger partial charge is 0.305 e. The zero-order chi connectivity index (χ0) is 39.7. The first-order chi connectivity index (χ1) is 25.5. The molecule has 0 aromatic rings. The van der Waals surface area contributed by atoms with Crippen molar-refractivity contribution >= 4 is 22.3 Å². The molecule has 0 aromatic carbocycles. The van der Waals surface area contributed by atoms with Crippen LogP contribution in [0.1, 0.15) is 194 Å². The minimum atomic E-state index is -4.41. The van der Waals surface area contributed by atoms with E-state index in [1.54, 1.807) is 0 Å². The van der Waals surface area contributed by atoms with Crippen molar-refractivity contribution in [2.75, 3.05) is 47.5 Å². The highest BCUT2D eigenvalue weighted by molar-refractivity contribution is 7.80. The van der Waals surface area contributed by atoms with Gasteiger partial charge in [0.25, 0.3) is 0 Å². The summed E-state index contributed by atoms with van der Waals surface area (Å²) < 4.78 is 42.7. The molecular formula is C43H83NO8S. The summed E-state index contributed by atoms with van der Waals surface area (Å²) in [6.45, 7) is 6.82. The lowest BCUT2D eigenvalue weighted by atomic mass is 10.1. The Morgan fingerprint density at radius 1 is 0.509 bits per heavy atom. The molecule has 0 atom stereocenters. The number of hydrogen-bond acceptors (Lipinski definition) is 8. The van der Waals surface area contributed by atoms with Crippen LogP contribution in [0.2, 0.25) is 0 Å². The molecular weight excluding hydrogens is 691 g/mol. The molecule has 10 heteroatoms. The number of allylic oxidation sites excluding steroid dienone is 4. The fraction of sp³-hybridized carbons (Fsp3) is 0.860. The van der Waals surface area contributed by atoms with Gasteiger partial charge in [0.05, 0.1) is 21.2 Å². The van der Waals surface area contributed by atoms with Gasteiger partial charge in [-0.3, -0.25) is 13.8 Å². The van der Waals surface area contributed by atoms with Gasteiger partial charge in [-0.25, -0.2) is 8.42 Å². The number of rotatable bonds is 37. The van der Waals surface area contributed by atoms with Gasteiger partial charge >= 0.3 is 11.9 Å². The SMILES string of the molecule is CCCCCCCCC=CCCCCCCCC(=O)OCC[N+](C)(C)CCOC(=O)CCCCCCCC=CCCCCCCCC.COS(=O)(=O)[O-]. The van der Waals surface area contributed by atoms with E-state index in [0.29, 0.717) is 30.5 Å². The van der Waals surface area contributed by atoms with E-state index in [2.05, 4.69) is 56.4 Å². The summed E-state index contributed by atoms with van der Waals surface area (Å²) in [6.07, 6.45) is 43.1. The molecule has 0 unspecified atom stereocenters. The Balaban J connectivity index is 0. The number of nitrogens with zero attached hydrogens (tertiary/aromatic N) is 1. The van der Waals surface area contributed by atoms with Gasteiger partial charge < -0.3 is 18.5 Å². The van der Waals surface area contributed by atoms with Crippen LogP contribution in [0.5, 0.6) is 0 Å². The second-order valence-corrected chi connectivity index (χ2v) is 16.2. The van der Waals surface area contributed by atoms with Crippen molar-refractivity contribution < 1.29 is 40.7 Å². The summed E-state index contributed by atoms with van der Waals surface area (Å²) in [6, 6.07) is 0. The molecule has 0 bridgehead atoms. The van der Waals surface area contributed by atoms with Gasteiger partial charge in [-0.15, -0.1) is 0 Å². The Kier molecular flexibility index (Phi) is 40.2. The van der Waals surface area contributed by atoms with Crippen molar-refractivity contribution in [3.05, 3.63) is 24.3 Å². The highest BCUT2D eigenvalue weighted by Crippen LogP contribution is 2.12. The number of hydrogen-bond donors (Lipinski definition) is 0. The van der Waals surface area contributed by atoms with Crippen LogP contribution in [0.3, 0.4) is 0 Å². The second kappa shape index (κ2) is 39.9. The summed E-state index contributed by atoms with van der Waals surface area (Å²) in [5.74, 6) is -0.178. The molecule has 0 amide bonds. The third-order valence-corrected chi connectivity index (χ3v) is 9.82. The summed E-state index contributed by atoms with van der Waals surface area (Å²) >= 11 is 0. The van der Waals surface area contributed by atoms with E-state index in [1.165, 1.54) is 141 Å².